The number of nitrogens with one attached hydrogen (secondary N) is 1. The summed E-state index contributed by atoms with van der Waals surface area (Å²) in [5.74, 6) is 0.144. The van der Waals surface area contributed by atoms with Crippen molar-refractivity contribution in [3.63, 3.8) is 0 Å². The van der Waals surface area contributed by atoms with Crippen molar-refractivity contribution in [1.82, 2.24) is 10.2 Å². The molecule has 1 aliphatic rings. The van der Waals surface area contributed by atoms with Gasteiger partial charge in [-0.1, -0.05) is 66.7 Å². The van der Waals surface area contributed by atoms with Crippen molar-refractivity contribution in [1.29, 1.82) is 0 Å². The molecular formula is C24H28Cl2N2O3. The molecule has 0 heterocycles. The van der Waals surface area contributed by atoms with Crippen LogP contribution in [0.25, 0.3) is 0 Å². The number of ether oxygens (including phenoxy) is 1. The minimum absolute atomic E-state index is 0.162. The molecule has 0 spiro atoms. The molecule has 2 aromatic rings. The second-order valence-corrected chi connectivity index (χ2v) is 8.72. The average molecular weight is 463 g/mol. The highest BCUT2D eigenvalue weighted by Crippen LogP contribution is 2.24. The van der Waals surface area contributed by atoms with Gasteiger partial charge in [0.1, 0.15) is 11.8 Å². The quantitative estimate of drug-likeness (QED) is 0.583. The maximum Gasteiger partial charge on any atom is 0.261 e. The van der Waals surface area contributed by atoms with E-state index < -0.39 is 6.04 Å². The van der Waals surface area contributed by atoms with Crippen LogP contribution in [0.3, 0.4) is 0 Å². The molecule has 0 aromatic heterocycles. The summed E-state index contributed by atoms with van der Waals surface area (Å²) in [6, 6.07) is 13.8. The van der Waals surface area contributed by atoms with Gasteiger partial charge in [-0.2, -0.15) is 0 Å². The molecule has 1 aliphatic carbocycles. The molecular weight excluding hydrogens is 435 g/mol. The largest absolute Gasteiger partial charge is 0.484 e. The molecule has 2 amide bonds. The second-order valence-electron chi connectivity index (χ2n) is 7.88. The number of halogens is 2. The van der Waals surface area contributed by atoms with Crippen LogP contribution >= 0.6 is 23.2 Å². The van der Waals surface area contributed by atoms with Crippen LogP contribution in [0.15, 0.2) is 48.5 Å². The number of carbonyl (C=O) groups excluding carboxylic acids is 2. The molecule has 5 nitrogen and oxygen atoms in total. The number of benzene rings is 2. The van der Waals surface area contributed by atoms with E-state index in [0.29, 0.717) is 15.8 Å². The Labute approximate surface area is 193 Å². The standard InChI is InChI=1S/C24H28Cl2N2O3/c1-17(24(30)27-20-8-4-2-5-9-20)28(15-18-12-13-19(25)14-22(18)26)23(29)16-31-21-10-6-3-7-11-21/h3,6-7,10-14,17,20H,2,4-5,8-9,15-16H2,1H3,(H,27,30)/t17-/m1/s1. The monoisotopic (exact) mass is 462 g/mol. The summed E-state index contributed by atoms with van der Waals surface area (Å²) in [4.78, 5) is 27.6. The topological polar surface area (TPSA) is 58.6 Å². The van der Waals surface area contributed by atoms with E-state index in [9.17, 15) is 9.59 Å². The minimum atomic E-state index is -0.666. The molecule has 7 heteroatoms. The zero-order chi connectivity index (χ0) is 22.2. The van der Waals surface area contributed by atoms with E-state index in [0.717, 1.165) is 31.2 Å². The highest BCUT2D eigenvalue weighted by molar-refractivity contribution is 6.35. The Bertz CT molecular complexity index is 886. The average Bonchev–Trinajstić information content (AvgIpc) is 2.78. The van der Waals surface area contributed by atoms with Crippen LogP contribution in [0.1, 0.15) is 44.6 Å². The number of para-hydroxylation sites is 1. The maximum atomic E-state index is 13.1. The molecule has 31 heavy (non-hydrogen) atoms. The van der Waals surface area contributed by atoms with E-state index in [1.54, 1.807) is 37.3 Å². The van der Waals surface area contributed by atoms with Gasteiger partial charge in [0, 0.05) is 22.6 Å². The first-order valence-corrected chi connectivity index (χ1v) is 11.4. The molecule has 1 saturated carbocycles. The van der Waals surface area contributed by atoms with E-state index in [4.69, 9.17) is 27.9 Å². The van der Waals surface area contributed by atoms with Gasteiger partial charge in [0.15, 0.2) is 6.61 Å². The normalized spacial score (nSPS) is 15.2. The molecule has 0 radical (unpaired) electrons. The van der Waals surface area contributed by atoms with Gasteiger partial charge in [0.25, 0.3) is 5.91 Å². The molecule has 0 aliphatic heterocycles. The van der Waals surface area contributed by atoms with Gasteiger partial charge in [-0.05, 0) is 49.6 Å². The van der Waals surface area contributed by atoms with E-state index >= 15 is 0 Å². The second kappa shape index (κ2) is 11.4. The van der Waals surface area contributed by atoms with Crippen molar-refractivity contribution in [3.8, 4) is 5.75 Å². The zero-order valence-corrected chi connectivity index (χ0v) is 19.2. The Morgan fingerprint density at radius 3 is 2.48 bits per heavy atom. The molecule has 2 aromatic carbocycles. The molecule has 1 N–H and O–H groups in total. The van der Waals surface area contributed by atoms with Crippen molar-refractivity contribution in [2.75, 3.05) is 6.61 Å². The molecule has 3 rings (SSSR count). The zero-order valence-electron chi connectivity index (χ0n) is 17.7. The predicted molar refractivity (Wildman–Crippen MR) is 123 cm³/mol. The predicted octanol–water partition coefficient (Wildman–Crippen LogP) is 5.24. The first kappa shape index (κ1) is 23.4. The van der Waals surface area contributed by atoms with Gasteiger partial charge in [-0.25, -0.2) is 0 Å². The van der Waals surface area contributed by atoms with Gasteiger partial charge in [-0.3, -0.25) is 9.59 Å². The van der Waals surface area contributed by atoms with E-state index in [-0.39, 0.29) is 31.0 Å². The third-order valence-electron chi connectivity index (χ3n) is 5.58. The lowest BCUT2D eigenvalue weighted by Crippen LogP contribution is -2.51. The van der Waals surface area contributed by atoms with Gasteiger partial charge in [-0.15, -0.1) is 0 Å². The molecule has 0 saturated heterocycles. The van der Waals surface area contributed by atoms with E-state index in [1.807, 2.05) is 18.2 Å². The third-order valence-corrected chi connectivity index (χ3v) is 6.17. The van der Waals surface area contributed by atoms with Crippen LogP contribution in [0.2, 0.25) is 10.0 Å². The minimum Gasteiger partial charge on any atom is -0.484 e. The van der Waals surface area contributed by atoms with Crippen molar-refractivity contribution in [2.24, 2.45) is 0 Å². The fourth-order valence-corrected chi connectivity index (χ4v) is 4.20. The molecule has 1 fully saturated rings. The Morgan fingerprint density at radius 1 is 1.10 bits per heavy atom. The van der Waals surface area contributed by atoms with Crippen LogP contribution in [0.4, 0.5) is 0 Å². The first-order chi connectivity index (χ1) is 14.9. The highest BCUT2D eigenvalue weighted by atomic mass is 35.5. The number of carbonyl (C=O) groups is 2. The number of amides is 2. The molecule has 0 bridgehead atoms. The summed E-state index contributed by atoms with van der Waals surface area (Å²) in [6.45, 7) is 1.75. The lowest BCUT2D eigenvalue weighted by molar-refractivity contribution is -0.142. The SMILES string of the molecule is C[C@H](C(=O)NC1CCCCC1)N(Cc1ccc(Cl)cc1Cl)C(=O)COc1ccccc1. The van der Waals surface area contributed by atoms with Crippen molar-refractivity contribution >= 4 is 35.0 Å². The van der Waals surface area contributed by atoms with Crippen molar-refractivity contribution in [3.05, 3.63) is 64.1 Å². The number of hydrogen-bond acceptors (Lipinski definition) is 3. The van der Waals surface area contributed by atoms with Gasteiger partial charge in [0.2, 0.25) is 5.91 Å². The van der Waals surface area contributed by atoms with Crippen molar-refractivity contribution < 1.29 is 14.3 Å². The van der Waals surface area contributed by atoms with Gasteiger partial charge < -0.3 is 15.0 Å². The third kappa shape index (κ3) is 6.88. The van der Waals surface area contributed by atoms with Crippen LogP contribution in [-0.4, -0.2) is 35.4 Å². The summed E-state index contributed by atoms with van der Waals surface area (Å²) in [5.41, 5.74) is 0.719. The fraction of sp³-hybridized carbons (Fsp3) is 0.417. The lowest BCUT2D eigenvalue weighted by Gasteiger charge is -2.31. The van der Waals surface area contributed by atoms with E-state index in [2.05, 4.69) is 5.32 Å². The van der Waals surface area contributed by atoms with Crippen LogP contribution in [0.5, 0.6) is 5.75 Å². The van der Waals surface area contributed by atoms with Crippen molar-refractivity contribution in [2.45, 2.75) is 57.7 Å². The molecule has 0 unspecified atom stereocenters. The number of rotatable bonds is 8. The van der Waals surface area contributed by atoms with Gasteiger partial charge >= 0.3 is 0 Å². The highest BCUT2D eigenvalue weighted by Gasteiger charge is 2.29. The van der Waals surface area contributed by atoms with E-state index in [1.165, 1.54) is 11.3 Å². The van der Waals surface area contributed by atoms with Crippen LogP contribution < -0.4 is 10.1 Å². The lowest BCUT2D eigenvalue weighted by atomic mass is 9.95. The summed E-state index contributed by atoms with van der Waals surface area (Å²) >= 11 is 12.3. The Balaban J connectivity index is 1.73. The Kier molecular flexibility index (Phi) is 8.61. The first-order valence-electron chi connectivity index (χ1n) is 10.7. The number of nitrogens with zero attached hydrogens (tertiary/aromatic N) is 1. The maximum absolute atomic E-state index is 13.1. The molecule has 166 valence electrons. The number of hydrogen-bond donors (Lipinski definition) is 1. The summed E-state index contributed by atoms with van der Waals surface area (Å²) in [5, 5.41) is 4.08. The summed E-state index contributed by atoms with van der Waals surface area (Å²) in [6.07, 6.45) is 5.40. The Hall–Kier alpha value is -2.24. The summed E-state index contributed by atoms with van der Waals surface area (Å²) in [7, 11) is 0. The molecule has 1 atom stereocenters. The summed E-state index contributed by atoms with van der Waals surface area (Å²) < 4.78 is 5.64. The Morgan fingerprint density at radius 2 is 1.81 bits per heavy atom. The fourth-order valence-electron chi connectivity index (χ4n) is 3.73. The van der Waals surface area contributed by atoms with Crippen LogP contribution in [-0.2, 0) is 16.1 Å². The smallest absolute Gasteiger partial charge is 0.261 e. The van der Waals surface area contributed by atoms with Gasteiger partial charge in [0.05, 0.1) is 0 Å². The van der Waals surface area contributed by atoms with Crippen LogP contribution in [0, 0.1) is 0 Å².